The van der Waals surface area contributed by atoms with Crippen molar-refractivity contribution in [2.75, 3.05) is 40.6 Å². The van der Waals surface area contributed by atoms with E-state index in [0.29, 0.717) is 19.8 Å². The Labute approximate surface area is 139 Å². The zero-order chi connectivity index (χ0) is 17.1. The van der Waals surface area contributed by atoms with E-state index < -0.39 is 22.7 Å². The van der Waals surface area contributed by atoms with Crippen LogP contribution in [0.2, 0.25) is 0 Å². The first kappa shape index (κ1) is 24.4. The number of ether oxygens (including phenoxy) is 1. The van der Waals surface area contributed by atoms with E-state index in [-0.39, 0.29) is 0 Å². The molecule has 1 fully saturated rings. The minimum atomic E-state index is -1.53. The first-order valence-corrected chi connectivity index (χ1v) is 9.39. The van der Waals surface area contributed by atoms with Crippen molar-refractivity contribution in [2.45, 2.75) is 46.0 Å². The molecule has 136 valence electrons. The van der Waals surface area contributed by atoms with Gasteiger partial charge in [0.25, 0.3) is 0 Å². The van der Waals surface area contributed by atoms with Crippen LogP contribution in [0.25, 0.3) is 0 Å². The Bertz CT molecular complexity index is 253. The lowest BCUT2D eigenvalue weighted by Crippen LogP contribution is -2.12. The summed E-state index contributed by atoms with van der Waals surface area (Å²) in [6.45, 7) is 6.74. The topological polar surface area (TPSA) is 80.3 Å². The van der Waals surface area contributed by atoms with Crippen molar-refractivity contribution in [2.24, 2.45) is 0 Å². The summed E-state index contributed by atoms with van der Waals surface area (Å²) >= 11 is -2.97. The van der Waals surface area contributed by atoms with Gasteiger partial charge in [-0.3, -0.25) is 16.7 Å². The van der Waals surface area contributed by atoms with Crippen molar-refractivity contribution in [3.8, 4) is 0 Å². The van der Waals surface area contributed by atoms with Gasteiger partial charge in [0.2, 0.25) is 0 Å². The second-order valence-electron chi connectivity index (χ2n) is 4.09. The van der Waals surface area contributed by atoms with Gasteiger partial charge in [-0.15, -0.1) is 0 Å². The Morgan fingerprint density at radius 2 is 1.59 bits per heavy atom. The maximum Gasteiger partial charge on any atom is 0.304 e. The molecule has 0 spiro atoms. The number of methoxy groups -OCH3 is 1. The van der Waals surface area contributed by atoms with E-state index in [1.165, 1.54) is 20.0 Å². The molecule has 1 aliphatic rings. The minimum Gasteiger partial charge on any atom is -0.385 e. The van der Waals surface area contributed by atoms with Crippen molar-refractivity contribution >= 4 is 22.7 Å². The fraction of sp³-hybridized carbons (Fsp3) is 1.00. The highest BCUT2D eigenvalue weighted by atomic mass is 32.2. The molecular formula is C13H30O7S2. The molecule has 22 heavy (non-hydrogen) atoms. The van der Waals surface area contributed by atoms with Crippen molar-refractivity contribution in [3.63, 3.8) is 0 Å². The van der Waals surface area contributed by atoms with Crippen molar-refractivity contribution in [3.05, 3.63) is 0 Å². The highest BCUT2D eigenvalue weighted by Crippen LogP contribution is 1.98. The van der Waals surface area contributed by atoms with Crippen LogP contribution < -0.4 is 0 Å². The molecule has 0 aromatic heterocycles. The average molecular weight is 363 g/mol. The van der Waals surface area contributed by atoms with E-state index in [4.69, 9.17) is 4.74 Å². The van der Waals surface area contributed by atoms with E-state index in [1.54, 1.807) is 7.11 Å². The van der Waals surface area contributed by atoms with E-state index in [9.17, 15) is 8.42 Å². The third kappa shape index (κ3) is 22.4. The fourth-order valence-electron chi connectivity index (χ4n) is 0.955. The summed E-state index contributed by atoms with van der Waals surface area (Å²) in [5.74, 6) is 0. The van der Waals surface area contributed by atoms with E-state index in [0.717, 1.165) is 25.9 Å². The third-order valence-electron chi connectivity index (χ3n) is 2.16. The van der Waals surface area contributed by atoms with Gasteiger partial charge >= 0.3 is 22.7 Å². The molecule has 0 saturated carbocycles. The van der Waals surface area contributed by atoms with Crippen LogP contribution in [-0.4, -0.2) is 49.1 Å². The van der Waals surface area contributed by atoms with Gasteiger partial charge in [0.1, 0.15) is 0 Å². The molecule has 0 amide bonds. The first-order valence-electron chi connectivity index (χ1n) is 7.39. The second kappa shape index (κ2) is 21.1. The summed E-state index contributed by atoms with van der Waals surface area (Å²) in [5, 5.41) is 0. The highest BCUT2D eigenvalue weighted by Gasteiger charge is 2.05. The fourth-order valence-corrected chi connectivity index (χ4v) is 1.88. The summed E-state index contributed by atoms with van der Waals surface area (Å²) in [4.78, 5) is 0. The quantitative estimate of drug-likeness (QED) is 0.614. The molecular weight excluding hydrogens is 332 g/mol. The zero-order valence-electron chi connectivity index (χ0n) is 14.0. The summed E-state index contributed by atoms with van der Waals surface area (Å²) in [5.41, 5.74) is 0. The predicted octanol–water partition coefficient (Wildman–Crippen LogP) is 2.46. The Kier molecular flexibility index (Phi) is 23.4. The maximum atomic E-state index is 10.4. The number of hydrogen-bond acceptors (Lipinski definition) is 7. The van der Waals surface area contributed by atoms with Gasteiger partial charge in [-0.1, -0.05) is 26.7 Å². The van der Waals surface area contributed by atoms with Crippen LogP contribution in [0.1, 0.15) is 46.0 Å². The van der Waals surface area contributed by atoms with Crippen molar-refractivity contribution in [1.29, 1.82) is 0 Å². The lowest BCUT2D eigenvalue weighted by molar-refractivity contribution is 0.185. The van der Waals surface area contributed by atoms with Gasteiger partial charge in [-0.2, -0.15) is 8.42 Å². The molecule has 1 saturated heterocycles. The van der Waals surface area contributed by atoms with Crippen LogP contribution in [0, 0.1) is 0 Å². The Morgan fingerprint density at radius 1 is 1.05 bits per heavy atom. The van der Waals surface area contributed by atoms with E-state index in [2.05, 4.69) is 23.7 Å². The summed E-state index contributed by atoms with van der Waals surface area (Å²) in [7, 11) is 3.08. The lowest BCUT2D eigenvalue weighted by atomic mass is 10.4. The molecule has 1 rings (SSSR count). The monoisotopic (exact) mass is 362 g/mol. The van der Waals surface area contributed by atoms with Gasteiger partial charge in [-0.25, -0.2) is 0 Å². The predicted molar refractivity (Wildman–Crippen MR) is 87.5 cm³/mol. The maximum absolute atomic E-state index is 10.4. The Balaban J connectivity index is 0. The largest absolute Gasteiger partial charge is 0.385 e. The van der Waals surface area contributed by atoms with Gasteiger partial charge in [-0.05, 0) is 19.3 Å². The Hall–Kier alpha value is 0.1000. The van der Waals surface area contributed by atoms with Gasteiger partial charge in [0.15, 0.2) is 0 Å². The molecule has 0 bridgehead atoms. The highest BCUT2D eigenvalue weighted by molar-refractivity contribution is 7.75. The van der Waals surface area contributed by atoms with Crippen LogP contribution in [-0.2, 0) is 44.2 Å². The van der Waals surface area contributed by atoms with Crippen molar-refractivity contribution in [1.82, 2.24) is 0 Å². The van der Waals surface area contributed by atoms with Crippen LogP contribution in [0.4, 0.5) is 0 Å². The first-order chi connectivity index (χ1) is 10.6. The lowest BCUT2D eigenvalue weighted by Gasteiger charge is -2.07. The molecule has 1 heterocycles. The summed E-state index contributed by atoms with van der Waals surface area (Å²) in [6, 6.07) is 0. The van der Waals surface area contributed by atoms with Crippen LogP contribution in [0.5, 0.6) is 0 Å². The van der Waals surface area contributed by atoms with Crippen LogP contribution in [0.15, 0.2) is 0 Å². The normalized spacial score (nSPS) is 16.0. The number of rotatable bonds is 8. The zero-order valence-corrected chi connectivity index (χ0v) is 15.7. The second-order valence-corrected chi connectivity index (χ2v) is 5.95. The number of unbranched alkanes of at least 4 members (excludes halogenated alkanes) is 2. The molecule has 0 aromatic carbocycles. The molecule has 7 nitrogen and oxygen atoms in total. The van der Waals surface area contributed by atoms with E-state index >= 15 is 0 Å². The molecule has 1 unspecified atom stereocenters. The number of hydrogen-bond donors (Lipinski definition) is 0. The minimum absolute atomic E-state index is 0.511. The van der Waals surface area contributed by atoms with Crippen molar-refractivity contribution < 1.29 is 29.9 Å². The standard InChI is InChI=1S/C5H12O3S.C5H12O.C3H6O3S/c1-3-4-5-8-9(6)7-2;1-3-4-5-6-2;4-7-5-2-1-3-6-7/h3-5H2,1-2H3;3-5H2,1-2H3;1-3H2. The van der Waals surface area contributed by atoms with Crippen LogP contribution in [0.3, 0.4) is 0 Å². The van der Waals surface area contributed by atoms with E-state index in [1.807, 2.05) is 6.92 Å². The summed E-state index contributed by atoms with van der Waals surface area (Å²) in [6.07, 6.45) is 5.24. The molecule has 0 radical (unpaired) electrons. The smallest absolute Gasteiger partial charge is 0.304 e. The third-order valence-corrected chi connectivity index (χ3v) is 3.51. The molecule has 0 N–H and O–H groups in total. The Morgan fingerprint density at radius 3 is 1.91 bits per heavy atom. The summed E-state index contributed by atoms with van der Waals surface area (Å²) < 4.78 is 43.3. The average Bonchev–Trinajstić information content (AvgIpc) is 2.55. The molecule has 0 aliphatic carbocycles. The van der Waals surface area contributed by atoms with Crippen LogP contribution >= 0.6 is 0 Å². The molecule has 0 aromatic rings. The SMILES string of the molecule is CCCCOC.CCCCOS(=O)OC.O=S1OCCCO1. The van der Waals surface area contributed by atoms with Gasteiger partial charge in [0.05, 0.1) is 26.9 Å². The van der Waals surface area contributed by atoms with Gasteiger partial charge in [0, 0.05) is 13.7 Å². The molecule has 1 atom stereocenters. The molecule has 1 aliphatic heterocycles. The van der Waals surface area contributed by atoms with Gasteiger partial charge < -0.3 is 4.74 Å². The molecule has 9 heteroatoms.